The number of carboxylic acids is 1. The Balaban J connectivity index is 1.99. The summed E-state index contributed by atoms with van der Waals surface area (Å²) in [6.45, 7) is 5.89. The lowest BCUT2D eigenvalue weighted by atomic mass is 9.83. The zero-order valence-corrected chi connectivity index (χ0v) is 11.6. The molecule has 0 spiro atoms. The van der Waals surface area contributed by atoms with Gasteiger partial charge in [0.1, 0.15) is 0 Å². The van der Waals surface area contributed by atoms with Crippen molar-refractivity contribution in [2.75, 3.05) is 13.1 Å². The number of carboxylic acid groups (broad SMARTS) is 1. The maximum absolute atomic E-state index is 11.5. The lowest BCUT2D eigenvalue weighted by Crippen LogP contribution is -2.34. The van der Waals surface area contributed by atoms with Crippen LogP contribution in [0.25, 0.3) is 0 Å². The molecule has 2 rings (SSSR count). The smallest absolute Gasteiger partial charge is 0.310 e. The summed E-state index contributed by atoms with van der Waals surface area (Å²) in [6, 6.07) is 0. The molecular weight excluding hydrogens is 246 g/mol. The molecular formula is C13H21N3O3. The van der Waals surface area contributed by atoms with Gasteiger partial charge in [0.05, 0.1) is 12.0 Å². The van der Waals surface area contributed by atoms with Crippen LogP contribution in [0.2, 0.25) is 0 Å². The van der Waals surface area contributed by atoms with Crippen molar-refractivity contribution < 1.29 is 14.4 Å². The average molecular weight is 267 g/mol. The number of hydrogen-bond donors (Lipinski definition) is 1. The van der Waals surface area contributed by atoms with Crippen LogP contribution in [-0.2, 0) is 17.8 Å². The van der Waals surface area contributed by atoms with Crippen molar-refractivity contribution in [3.05, 3.63) is 11.7 Å². The summed E-state index contributed by atoms with van der Waals surface area (Å²) in [4.78, 5) is 17.8. The van der Waals surface area contributed by atoms with Crippen molar-refractivity contribution in [2.24, 2.45) is 5.41 Å². The van der Waals surface area contributed by atoms with Crippen LogP contribution in [0.1, 0.15) is 44.8 Å². The lowest BCUT2D eigenvalue weighted by molar-refractivity contribution is -0.148. The Labute approximate surface area is 112 Å². The largest absolute Gasteiger partial charge is 0.481 e. The molecule has 6 nitrogen and oxygen atoms in total. The van der Waals surface area contributed by atoms with Gasteiger partial charge < -0.3 is 9.63 Å². The number of aryl methyl sites for hydroxylation is 1. The normalized spacial score (nSPS) is 23.9. The Kier molecular flexibility index (Phi) is 4.19. The van der Waals surface area contributed by atoms with Crippen LogP contribution in [0.4, 0.5) is 0 Å². The van der Waals surface area contributed by atoms with E-state index in [1.54, 1.807) is 0 Å². The molecule has 1 N–H and O–H groups in total. The van der Waals surface area contributed by atoms with E-state index >= 15 is 0 Å². The van der Waals surface area contributed by atoms with Gasteiger partial charge in [-0.25, -0.2) is 0 Å². The molecule has 1 aliphatic heterocycles. The quantitative estimate of drug-likeness (QED) is 0.845. The van der Waals surface area contributed by atoms with E-state index in [-0.39, 0.29) is 0 Å². The number of likely N-dealkylation sites (tertiary alicyclic amines) is 1. The highest BCUT2D eigenvalue weighted by molar-refractivity contribution is 5.75. The maximum Gasteiger partial charge on any atom is 0.310 e. The van der Waals surface area contributed by atoms with Crippen LogP contribution in [0.3, 0.4) is 0 Å². The van der Waals surface area contributed by atoms with Gasteiger partial charge in [0.15, 0.2) is 5.82 Å². The first-order chi connectivity index (χ1) is 9.09. The van der Waals surface area contributed by atoms with Crippen molar-refractivity contribution in [1.29, 1.82) is 0 Å². The number of aromatic nitrogens is 2. The highest BCUT2D eigenvalue weighted by atomic mass is 16.5. The van der Waals surface area contributed by atoms with Gasteiger partial charge in [-0.05, 0) is 19.4 Å². The fourth-order valence-corrected chi connectivity index (χ4v) is 2.75. The number of nitrogens with zero attached hydrogens (tertiary/aromatic N) is 3. The molecule has 6 heteroatoms. The predicted octanol–water partition coefficient (Wildman–Crippen LogP) is 1.71. The SMILES string of the molecule is CCCC1(C(=O)O)CCN(Cc2nc(CC)no2)C1. The fraction of sp³-hybridized carbons (Fsp3) is 0.769. The Hall–Kier alpha value is -1.43. The summed E-state index contributed by atoms with van der Waals surface area (Å²) in [5.41, 5.74) is -0.595. The van der Waals surface area contributed by atoms with Gasteiger partial charge in [-0.15, -0.1) is 0 Å². The molecule has 106 valence electrons. The molecule has 0 saturated carbocycles. The van der Waals surface area contributed by atoms with E-state index in [9.17, 15) is 9.90 Å². The molecule has 1 fully saturated rings. The highest BCUT2D eigenvalue weighted by Crippen LogP contribution is 2.36. The van der Waals surface area contributed by atoms with Crippen LogP contribution in [-0.4, -0.2) is 39.2 Å². The molecule has 0 aromatic carbocycles. The second-order valence-electron chi connectivity index (χ2n) is 5.25. The molecule has 1 unspecified atom stereocenters. The molecule has 1 atom stereocenters. The van der Waals surface area contributed by atoms with Crippen molar-refractivity contribution in [3.63, 3.8) is 0 Å². The maximum atomic E-state index is 11.5. The first-order valence-corrected chi connectivity index (χ1v) is 6.87. The lowest BCUT2D eigenvalue weighted by Gasteiger charge is -2.23. The summed E-state index contributed by atoms with van der Waals surface area (Å²) < 4.78 is 5.16. The second kappa shape index (κ2) is 5.69. The predicted molar refractivity (Wildman–Crippen MR) is 68.5 cm³/mol. The number of carbonyl (C=O) groups is 1. The zero-order valence-electron chi connectivity index (χ0n) is 11.6. The van der Waals surface area contributed by atoms with Gasteiger partial charge in [0, 0.05) is 13.0 Å². The summed E-state index contributed by atoms with van der Waals surface area (Å²) in [5, 5.41) is 13.3. The molecule has 19 heavy (non-hydrogen) atoms. The van der Waals surface area contributed by atoms with Gasteiger partial charge in [0.25, 0.3) is 0 Å². The molecule has 1 saturated heterocycles. The number of rotatable bonds is 6. The molecule has 0 bridgehead atoms. The van der Waals surface area contributed by atoms with Gasteiger partial charge in [-0.1, -0.05) is 25.4 Å². The third-order valence-corrected chi connectivity index (χ3v) is 3.80. The molecule has 2 heterocycles. The Morgan fingerprint density at radius 1 is 1.53 bits per heavy atom. The van der Waals surface area contributed by atoms with E-state index in [4.69, 9.17) is 4.52 Å². The monoisotopic (exact) mass is 267 g/mol. The second-order valence-corrected chi connectivity index (χ2v) is 5.25. The first-order valence-electron chi connectivity index (χ1n) is 6.87. The van der Waals surface area contributed by atoms with Crippen molar-refractivity contribution in [3.8, 4) is 0 Å². The number of hydrogen-bond acceptors (Lipinski definition) is 5. The molecule has 1 aromatic heterocycles. The Bertz CT molecular complexity index is 446. The van der Waals surface area contributed by atoms with E-state index in [1.807, 2.05) is 13.8 Å². The topological polar surface area (TPSA) is 79.5 Å². The zero-order chi connectivity index (χ0) is 13.9. The standard InChI is InChI=1S/C13H21N3O3/c1-3-5-13(12(17)18)6-7-16(9-13)8-11-14-10(4-2)15-19-11/h3-9H2,1-2H3,(H,17,18). The van der Waals surface area contributed by atoms with E-state index in [0.717, 1.165) is 25.8 Å². The molecule has 1 aromatic rings. The summed E-state index contributed by atoms with van der Waals surface area (Å²) in [6.07, 6.45) is 3.06. The van der Waals surface area contributed by atoms with Crippen LogP contribution >= 0.6 is 0 Å². The summed E-state index contributed by atoms with van der Waals surface area (Å²) in [5.74, 6) is 0.596. The third kappa shape index (κ3) is 2.94. The van der Waals surface area contributed by atoms with Crippen molar-refractivity contribution in [2.45, 2.75) is 46.1 Å². The average Bonchev–Trinajstić information content (AvgIpc) is 2.98. The van der Waals surface area contributed by atoms with Gasteiger partial charge in [0.2, 0.25) is 5.89 Å². The number of aliphatic carboxylic acids is 1. The molecule has 0 amide bonds. The van der Waals surface area contributed by atoms with E-state index in [1.165, 1.54) is 0 Å². The van der Waals surface area contributed by atoms with E-state index in [2.05, 4.69) is 15.0 Å². The Morgan fingerprint density at radius 3 is 2.89 bits per heavy atom. The minimum Gasteiger partial charge on any atom is -0.481 e. The van der Waals surface area contributed by atoms with Crippen LogP contribution in [0, 0.1) is 5.41 Å². The highest BCUT2D eigenvalue weighted by Gasteiger charge is 2.44. The minimum absolute atomic E-state index is 0.547. The molecule has 0 aliphatic carbocycles. The summed E-state index contributed by atoms with van der Waals surface area (Å²) >= 11 is 0. The molecule has 0 radical (unpaired) electrons. The van der Waals surface area contributed by atoms with Crippen LogP contribution in [0.5, 0.6) is 0 Å². The fourth-order valence-electron chi connectivity index (χ4n) is 2.75. The van der Waals surface area contributed by atoms with Gasteiger partial charge in [-0.2, -0.15) is 4.98 Å². The minimum atomic E-state index is -0.684. The Morgan fingerprint density at radius 2 is 2.32 bits per heavy atom. The van der Waals surface area contributed by atoms with E-state index < -0.39 is 11.4 Å². The van der Waals surface area contributed by atoms with Crippen LogP contribution in [0.15, 0.2) is 4.52 Å². The first kappa shape index (κ1) is 14.0. The van der Waals surface area contributed by atoms with E-state index in [0.29, 0.717) is 31.2 Å². The van der Waals surface area contributed by atoms with Crippen LogP contribution < -0.4 is 0 Å². The third-order valence-electron chi connectivity index (χ3n) is 3.80. The van der Waals surface area contributed by atoms with Gasteiger partial charge >= 0.3 is 5.97 Å². The molecule has 1 aliphatic rings. The van der Waals surface area contributed by atoms with Gasteiger partial charge in [-0.3, -0.25) is 9.69 Å². The van der Waals surface area contributed by atoms with Crippen molar-refractivity contribution >= 4 is 5.97 Å². The summed E-state index contributed by atoms with van der Waals surface area (Å²) in [7, 11) is 0. The van der Waals surface area contributed by atoms with Crippen molar-refractivity contribution in [1.82, 2.24) is 15.0 Å².